The number of allylic oxidation sites excluding steroid dienone is 4. The fraction of sp³-hybridized carbons (Fsp3) is 0.136. The number of para-hydroxylation sites is 1. The molecule has 2 heterocycles. The third-order valence-electron chi connectivity index (χ3n) is 5.01. The molecule has 0 aromatic heterocycles. The zero-order valence-corrected chi connectivity index (χ0v) is 15.5. The van der Waals surface area contributed by atoms with Crippen LogP contribution in [0.1, 0.15) is 18.6 Å². The SMILES string of the molecule is CCN1c2ccccc2Sc2cc(C3OC4=CC=CC(=O)C4=C3O)ccc21. The number of carbonyl (C=O) groups excluding carboxylic acids is 1. The van der Waals surface area contributed by atoms with Crippen molar-refractivity contribution >= 4 is 28.9 Å². The third-order valence-corrected chi connectivity index (χ3v) is 6.12. The predicted molar refractivity (Wildman–Crippen MR) is 105 cm³/mol. The first-order valence-corrected chi connectivity index (χ1v) is 9.70. The smallest absolute Gasteiger partial charge is 0.193 e. The normalized spacial score (nSPS) is 20.0. The van der Waals surface area contributed by atoms with Gasteiger partial charge in [0.15, 0.2) is 17.6 Å². The van der Waals surface area contributed by atoms with Crippen LogP contribution < -0.4 is 4.90 Å². The summed E-state index contributed by atoms with van der Waals surface area (Å²) in [5, 5.41) is 10.6. The van der Waals surface area contributed by atoms with Gasteiger partial charge in [-0.05, 0) is 43.3 Å². The Kier molecular flexibility index (Phi) is 3.65. The predicted octanol–water partition coefficient (Wildman–Crippen LogP) is 5.22. The number of anilines is 2. The average Bonchev–Trinajstić information content (AvgIpc) is 3.03. The number of ether oxygens (including phenoxy) is 1. The van der Waals surface area contributed by atoms with E-state index < -0.39 is 6.10 Å². The highest BCUT2D eigenvalue weighted by atomic mass is 32.2. The van der Waals surface area contributed by atoms with Crippen molar-refractivity contribution < 1.29 is 14.6 Å². The van der Waals surface area contributed by atoms with E-state index in [-0.39, 0.29) is 17.1 Å². The van der Waals surface area contributed by atoms with Crippen molar-refractivity contribution in [2.75, 3.05) is 11.4 Å². The maximum Gasteiger partial charge on any atom is 0.193 e. The Balaban J connectivity index is 1.56. The molecule has 0 radical (unpaired) electrons. The van der Waals surface area contributed by atoms with E-state index in [0.717, 1.165) is 22.7 Å². The van der Waals surface area contributed by atoms with E-state index in [1.165, 1.54) is 16.7 Å². The first-order chi connectivity index (χ1) is 13.2. The minimum absolute atomic E-state index is 0.0101. The molecule has 2 aromatic rings. The minimum atomic E-state index is -0.645. The van der Waals surface area contributed by atoms with E-state index in [1.807, 2.05) is 12.1 Å². The molecule has 4 nitrogen and oxygen atoms in total. The topological polar surface area (TPSA) is 49.8 Å². The lowest BCUT2D eigenvalue weighted by Crippen LogP contribution is -2.20. The lowest BCUT2D eigenvalue weighted by molar-refractivity contribution is -0.111. The van der Waals surface area contributed by atoms with Gasteiger partial charge in [0.2, 0.25) is 0 Å². The Hall–Kier alpha value is -2.92. The highest BCUT2D eigenvalue weighted by Crippen LogP contribution is 2.50. The average molecular weight is 375 g/mol. The van der Waals surface area contributed by atoms with Crippen molar-refractivity contribution in [1.29, 1.82) is 0 Å². The molecule has 5 heteroatoms. The number of aliphatic hydroxyl groups excluding tert-OH is 1. The fourth-order valence-electron chi connectivity index (χ4n) is 3.76. The Morgan fingerprint density at radius 1 is 1.15 bits per heavy atom. The summed E-state index contributed by atoms with van der Waals surface area (Å²) < 4.78 is 5.89. The summed E-state index contributed by atoms with van der Waals surface area (Å²) in [6, 6.07) is 14.4. The summed E-state index contributed by atoms with van der Waals surface area (Å²) in [6.45, 7) is 3.00. The second-order valence-electron chi connectivity index (χ2n) is 6.55. The molecule has 1 unspecified atom stereocenters. The van der Waals surface area contributed by atoms with Gasteiger partial charge < -0.3 is 14.7 Å². The Morgan fingerprint density at radius 2 is 1.96 bits per heavy atom. The molecule has 5 rings (SSSR count). The first kappa shape index (κ1) is 16.3. The van der Waals surface area contributed by atoms with Gasteiger partial charge in [0.25, 0.3) is 0 Å². The van der Waals surface area contributed by atoms with Crippen LogP contribution in [-0.4, -0.2) is 17.4 Å². The van der Waals surface area contributed by atoms with Crippen LogP contribution in [0.25, 0.3) is 0 Å². The van der Waals surface area contributed by atoms with Crippen molar-refractivity contribution in [3.63, 3.8) is 0 Å². The fourth-order valence-corrected chi connectivity index (χ4v) is 4.90. The van der Waals surface area contributed by atoms with Gasteiger partial charge in [-0.2, -0.15) is 0 Å². The third kappa shape index (κ3) is 2.42. The van der Waals surface area contributed by atoms with E-state index >= 15 is 0 Å². The highest BCUT2D eigenvalue weighted by molar-refractivity contribution is 7.99. The van der Waals surface area contributed by atoms with Gasteiger partial charge in [-0.25, -0.2) is 0 Å². The number of carbonyl (C=O) groups is 1. The van der Waals surface area contributed by atoms with Gasteiger partial charge in [0.1, 0.15) is 11.3 Å². The summed E-state index contributed by atoms with van der Waals surface area (Å²) in [7, 11) is 0. The van der Waals surface area contributed by atoms with Crippen LogP contribution in [0.3, 0.4) is 0 Å². The Labute approximate surface area is 161 Å². The molecule has 0 saturated heterocycles. The monoisotopic (exact) mass is 375 g/mol. The summed E-state index contributed by atoms with van der Waals surface area (Å²) >= 11 is 1.71. The molecule has 0 saturated carbocycles. The summed E-state index contributed by atoms with van der Waals surface area (Å²) in [5.41, 5.74) is 3.46. The number of fused-ring (bicyclic) bond motifs is 3. The zero-order valence-electron chi connectivity index (χ0n) is 14.7. The summed E-state index contributed by atoms with van der Waals surface area (Å²) in [5.74, 6) is 0.214. The molecular weight excluding hydrogens is 358 g/mol. The molecule has 1 aliphatic carbocycles. The van der Waals surface area contributed by atoms with Crippen molar-refractivity contribution in [2.24, 2.45) is 0 Å². The van der Waals surface area contributed by atoms with Gasteiger partial charge in [-0.3, -0.25) is 4.79 Å². The van der Waals surface area contributed by atoms with Crippen LogP contribution in [0.5, 0.6) is 0 Å². The molecule has 1 atom stereocenters. The zero-order chi connectivity index (χ0) is 18.5. The van der Waals surface area contributed by atoms with E-state index in [1.54, 1.807) is 23.9 Å². The van der Waals surface area contributed by atoms with Gasteiger partial charge in [0.05, 0.1) is 11.4 Å². The number of rotatable bonds is 2. The molecule has 134 valence electrons. The first-order valence-electron chi connectivity index (χ1n) is 8.88. The van der Waals surface area contributed by atoms with Crippen LogP contribution in [-0.2, 0) is 9.53 Å². The molecule has 0 fully saturated rings. The van der Waals surface area contributed by atoms with E-state index in [9.17, 15) is 9.90 Å². The lowest BCUT2D eigenvalue weighted by atomic mass is 10.0. The van der Waals surface area contributed by atoms with Crippen molar-refractivity contribution in [3.8, 4) is 0 Å². The summed E-state index contributed by atoms with van der Waals surface area (Å²) in [6.07, 6.45) is 4.16. The molecule has 0 amide bonds. The van der Waals surface area contributed by atoms with Crippen LogP contribution >= 0.6 is 11.8 Å². The number of ketones is 1. The number of hydrogen-bond acceptors (Lipinski definition) is 5. The molecular formula is C22H17NO3S. The van der Waals surface area contributed by atoms with E-state index in [2.05, 4.69) is 42.2 Å². The quantitative estimate of drug-likeness (QED) is 0.780. The van der Waals surface area contributed by atoms with Gasteiger partial charge in [-0.15, -0.1) is 0 Å². The molecule has 3 aliphatic rings. The number of hydrogen-bond donors (Lipinski definition) is 1. The molecule has 0 bridgehead atoms. The highest BCUT2D eigenvalue weighted by Gasteiger charge is 2.37. The standard InChI is InChI=1S/C22H17NO3S/c1-2-23-14-6-3-4-9-18(14)27-19-12-13(10-11-15(19)23)22-21(25)20-16(24)7-5-8-17(20)26-22/h3-12,22,25H,2H2,1H3. The van der Waals surface area contributed by atoms with E-state index in [0.29, 0.717) is 5.76 Å². The lowest BCUT2D eigenvalue weighted by Gasteiger charge is -2.32. The summed E-state index contributed by atoms with van der Waals surface area (Å²) in [4.78, 5) is 16.7. The van der Waals surface area contributed by atoms with Crippen molar-refractivity contribution in [2.45, 2.75) is 22.8 Å². The molecule has 2 aliphatic heterocycles. The second kappa shape index (κ2) is 6.06. The van der Waals surface area contributed by atoms with Crippen molar-refractivity contribution in [1.82, 2.24) is 0 Å². The number of benzene rings is 2. The Bertz CT molecular complexity index is 1070. The largest absolute Gasteiger partial charge is 0.507 e. The van der Waals surface area contributed by atoms with Gasteiger partial charge >= 0.3 is 0 Å². The van der Waals surface area contributed by atoms with Crippen LogP contribution in [0.15, 0.2) is 87.6 Å². The van der Waals surface area contributed by atoms with E-state index in [4.69, 9.17) is 4.74 Å². The van der Waals surface area contributed by atoms with Crippen LogP contribution in [0.2, 0.25) is 0 Å². The van der Waals surface area contributed by atoms with Gasteiger partial charge in [-0.1, -0.05) is 36.0 Å². The van der Waals surface area contributed by atoms with Crippen molar-refractivity contribution in [3.05, 3.63) is 83.3 Å². The molecule has 27 heavy (non-hydrogen) atoms. The molecule has 1 N–H and O–H groups in total. The van der Waals surface area contributed by atoms with Crippen LogP contribution in [0, 0.1) is 0 Å². The Morgan fingerprint density at radius 3 is 2.78 bits per heavy atom. The molecule has 2 aromatic carbocycles. The minimum Gasteiger partial charge on any atom is -0.507 e. The second-order valence-corrected chi connectivity index (χ2v) is 7.64. The molecule has 0 spiro atoms. The van der Waals surface area contributed by atoms with Crippen LogP contribution in [0.4, 0.5) is 11.4 Å². The number of aliphatic hydroxyl groups is 1. The number of nitrogens with zero attached hydrogens (tertiary/aromatic N) is 1. The maximum atomic E-state index is 12.1. The van der Waals surface area contributed by atoms with Gasteiger partial charge in [0, 0.05) is 21.9 Å². The maximum absolute atomic E-state index is 12.1.